The molecule has 0 fully saturated rings. The second-order valence-electron chi connectivity index (χ2n) is 5.33. The lowest BCUT2D eigenvalue weighted by Gasteiger charge is -2.16. The molecule has 21 heavy (non-hydrogen) atoms. The van der Waals surface area contributed by atoms with E-state index in [9.17, 15) is 13.2 Å². The van der Waals surface area contributed by atoms with Crippen molar-refractivity contribution in [1.82, 2.24) is 14.9 Å². The number of halogens is 3. The molecule has 114 valence electrons. The summed E-state index contributed by atoms with van der Waals surface area (Å²) in [5, 5.41) is 3.05. The normalized spacial score (nSPS) is 12.1. The maximum Gasteiger partial charge on any atom is 0.416 e. The molecule has 2 rings (SSSR count). The third-order valence-corrected chi connectivity index (χ3v) is 3.07. The van der Waals surface area contributed by atoms with E-state index in [1.807, 2.05) is 13.8 Å². The molecule has 0 aliphatic carbocycles. The first kappa shape index (κ1) is 15.6. The maximum absolute atomic E-state index is 13.2. The largest absolute Gasteiger partial charge is 0.416 e. The van der Waals surface area contributed by atoms with Crippen molar-refractivity contribution >= 4 is 0 Å². The molecule has 0 saturated carbocycles. The second kappa shape index (κ2) is 6.30. The Hall–Kier alpha value is -1.82. The van der Waals surface area contributed by atoms with Gasteiger partial charge in [0, 0.05) is 24.6 Å². The fourth-order valence-electron chi connectivity index (χ4n) is 2.05. The molecule has 0 saturated heterocycles. The Bertz CT molecular complexity index is 574. The number of aromatic nitrogens is 2. The molecule has 1 heterocycles. The van der Waals surface area contributed by atoms with Crippen LogP contribution in [0.1, 0.15) is 25.0 Å². The van der Waals surface area contributed by atoms with Gasteiger partial charge in [-0.3, -0.25) is 0 Å². The standard InChI is InChI=1S/C15H18F3N3/c1-11(2)8-20-9-12-3-4-13(21-6-5-19-10-21)7-14(12)15(16,17)18/h3-7,10-11,20H,8-9H2,1-2H3. The number of benzene rings is 1. The van der Waals surface area contributed by atoms with Gasteiger partial charge in [-0.25, -0.2) is 4.98 Å². The molecule has 0 bridgehead atoms. The van der Waals surface area contributed by atoms with Crippen LogP contribution < -0.4 is 5.32 Å². The third-order valence-electron chi connectivity index (χ3n) is 3.07. The summed E-state index contributed by atoms with van der Waals surface area (Å²) >= 11 is 0. The number of hydrogen-bond donors (Lipinski definition) is 1. The molecule has 6 heteroatoms. The van der Waals surface area contributed by atoms with Crippen LogP contribution in [0.15, 0.2) is 36.9 Å². The van der Waals surface area contributed by atoms with Crippen LogP contribution in [0.2, 0.25) is 0 Å². The Labute approximate surface area is 121 Å². The number of imidazole rings is 1. The van der Waals surface area contributed by atoms with Crippen molar-refractivity contribution in [3.63, 3.8) is 0 Å². The fourth-order valence-corrected chi connectivity index (χ4v) is 2.05. The summed E-state index contributed by atoms with van der Waals surface area (Å²) < 4.78 is 41.2. The van der Waals surface area contributed by atoms with E-state index in [4.69, 9.17) is 0 Å². The van der Waals surface area contributed by atoms with E-state index in [-0.39, 0.29) is 12.1 Å². The molecular formula is C15H18F3N3. The highest BCUT2D eigenvalue weighted by atomic mass is 19.4. The summed E-state index contributed by atoms with van der Waals surface area (Å²) in [7, 11) is 0. The molecule has 2 aromatic rings. The highest BCUT2D eigenvalue weighted by molar-refractivity contribution is 5.42. The van der Waals surface area contributed by atoms with Crippen LogP contribution in [0.5, 0.6) is 0 Å². The molecule has 3 nitrogen and oxygen atoms in total. The van der Waals surface area contributed by atoms with Crippen molar-refractivity contribution in [2.75, 3.05) is 6.54 Å². The first-order chi connectivity index (χ1) is 9.88. The van der Waals surface area contributed by atoms with Crippen molar-refractivity contribution < 1.29 is 13.2 Å². The fraction of sp³-hybridized carbons (Fsp3) is 0.400. The summed E-state index contributed by atoms with van der Waals surface area (Å²) in [5.41, 5.74) is 0.101. The molecular weight excluding hydrogens is 279 g/mol. The number of alkyl halides is 3. The Kier molecular flexibility index (Phi) is 4.67. The number of nitrogens with one attached hydrogen (secondary N) is 1. The summed E-state index contributed by atoms with van der Waals surface area (Å²) in [6.07, 6.45) is 0.259. The van der Waals surface area contributed by atoms with Crippen molar-refractivity contribution in [2.24, 2.45) is 5.92 Å². The van der Waals surface area contributed by atoms with Crippen molar-refractivity contribution in [1.29, 1.82) is 0 Å². The molecule has 0 atom stereocenters. The first-order valence-corrected chi connectivity index (χ1v) is 6.77. The predicted octanol–water partition coefficient (Wildman–Crippen LogP) is 3.64. The first-order valence-electron chi connectivity index (χ1n) is 6.77. The zero-order valence-corrected chi connectivity index (χ0v) is 12.0. The Balaban J connectivity index is 2.28. The monoisotopic (exact) mass is 297 g/mol. The van der Waals surface area contributed by atoms with E-state index in [0.29, 0.717) is 18.2 Å². The Morgan fingerprint density at radius 1 is 1.29 bits per heavy atom. The lowest BCUT2D eigenvalue weighted by atomic mass is 10.1. The van der Waals surface area contributed by atoms with Gasteiger partial charge in [0.25, 0.3) is 0 Å². The van der Waals surface area contributed by atoms with Gasteiger partial charge >= 0.3 is 6.18 Å². The van der Waals surface area contributed by atoms with Crippen molar-refractivity contribution in [3.8, 4) is 5.69 Å². The van der Waals surface area contributed by atoms with Crippen LogP contribution in [-0.4, -0.2) is 16.1 Å². The highest BCUT2D eigenvalue weighted by Crippen LogP contribution is 2.33. The zero-order chi connectivity index (χ0) is 15.5. The lowest BCUT2D eigenvalue weighted by Crippen LogP contribution is -2.21. The molecule has 1 aromatic heterocycles. The van der Waals surface area contributed by atoms with Gasteiger partial charge in [-0.05, 0) is 30.2 Å². The summed E-state index contributed by atoms with van der Waals surface area (Å²) in [6.45, 7) is 4.91. The van der Waals surface area contributed by atoms with Crippen LogP contribution in [0.4, 0.5) is 13.2 Å². The van der Waals surface area contributed by atoms with Gasteiger partial charge in [-0.2, -0.15) is 13.2 Å². The van der Waals surface area contributed by atoms with E-state index >= 15 is 0 Å². The van der Waals surface area contributed by atoms with Gasteiger partial charge in [-0.1, -0.05) is 19.9 Å². The molecule has 0 aliphatic heterocycles. The topological polar surface area (TPSA) is 29.9 Å². The molecule has 1 aromatic carbocycles. The second-order valence-corrected chi connectivity index (χ2v) is 5.33. The third kappa shape index (κ3) is 4.07. The average molecular weight is 297 g/mol. The van der Waals surface area contributed by atoms with E-state index in [1.54, 1.807) is 16.8 Å². The Morgan fingerprint density at radius 2 is 2.05 bits per heavy atom. The maximum atomic E-state index is 13.2. The van der Waals surface area contributed by atoms with Gasteiger partial charge in [0.1, 0.15) is 0 Å². The summed E-state index contributed by atoms with van der Waals surface area (Å²) in [5.74, 6) is 0.393. The minimum absolute atomic E-state index is 0.206. The number of rotatable bonds is 5. The number of nitrogens with zero attached hydrogens (tertiary/aromatic N) is 2. The molecule has 0 radical (unpaired) electrons. The van der Waals surface area contributed by atoms with E-state index in [1.165, 1.54) is 18.6 Å². The zero-order valence-electron chi connectivity index (χ0n) is 12.0. The van der Waals surface area contributed by atoms with Crippen LogP contribution in [0.25, 0.3) is 5.69 Å². The molecule has 0 aliphatic rings. The summed E-state index contributed by atoms with van der Waals surface area (Å²) in [6, 6.07) is 4.35. The quantitative estimate of drug-likeness (QED) is 0.913. The van der Waals surface area contributed by atoms with Gasteiger partial charge in [0.05, 0.1) is 11.9 Å². The van der Waals surface area contributed by atoms with Crippen molar-refractivity contribution in [3.05, 3.63) is 48.0 Å². The minimum atomic E-state index is -4.37. The van der Waals surface area contributed by atoms with E-state index in [2.05, 4.69) is 10.3 Å². The van der Waals surface area contributed by atoms with Gasteiger partial charge in [-0.15, -0.1) is 0 Å². The van der Waals surface area contributed by atoms with Gasteiger partial charge in [0.15, 0.2) is 0 Å². The predicted molar refractivity (Wildman–Crippen MR) is 75.1 cm³/mol. The molecule has 0 spiro atoms. The lowest BCUT2D eigenvalue weighted by molar-refractivity contribution is -0.138. The van der Waals surface area contributed by atoms with Crippen LogP contribution >= 0.6 is 0 Å². The summed E-state index contributed by atoms with van der Waals surface area (Å²) in [4.78, 5) is 3.85. The smallest absolute Gasteiger partial charge is 0.312 e. The number of hydrogen-bond acceptors (Lipinski definition) is 2. The SMILES string of the molecule is CC(C)CNCc1ccc(-n2ccnc2)cc1C(F)(F)F. The van der Waals surface area contributed by atoms with Gasteiger partial charge < -0.3 is 9.88 Å². The molecule has 0 amide bonds. The van der Waals surface area contributed by atoms with Crippen LogP contribution in [-0.2, 0) is 12.7 Å². The van der Waals surface area contributed by atoms with E-state index < -0.39 is 11.7 Å². The van der Waals surface area contributed by atoms with Crippen LogP contribution in [0.3, 0.4) is 0 Å². The molecule has 0 unspecified atom stereocenters. The molecule has 1 N–H and O–H groups in total. The van der Waals surface area contributed by atoms with Crippen molar-refractivity contribution in [2.45, 2.75) is 26.6 Å². The Morgan fingerprint density at radius 3 is 2.62 bits per heavy atom. The van der Waals surface area contributed by atoms with Crippen LogP contribution in [0, 0.1) is 5.92 Å². The average Bonchev–Trinajstić information content (AvgIpc) is 2.91. The minimum Gasteiger partial charge on any atom is -0.312 e. The van der Waals surface area contributed by atoms with Gasteiger partial charge in [0.2, 0.25) is 0 Å². The van der Waals surface area contributed by atoms with E-state index in [0.717, 1.165) is 6.07 Å². The highest BCUT2D eigenvalue weighted by Gasteiger charge is 2.33.